The van der Waals surface area contributed by atoms with Crippen molar-refractivity contribution in [3.8, 4) is 0 Å². The zero-order chi connectivity index (χ0) is 15.4. The minimum Gasteiger partial charge on any atom is -0.356 e. The van der Waals surface area contributed by atoms with Crippen LogP contribution >= 0.6 is 0 Å². The van der Waals surface area contributed by atoms with E-state index in [1.54, 1.807) is 0 Å². The van der Waals surface area contributed by atoms with Crippen LogP contribution in [-0.2, 0) is 18.3 Å². The monoisotopic (exact) mass is 285 g/mol. The minimum atomic E-state index is 0.0307. The van der Waals surface area contributed by atoms with Crippen molar-refractivity contribution in [2.75, 3.05) is 0 Å². The summed E-state index contributed by atoms with van der Waals surface area (Å²) < 4.78 is 5.75. The normalized spacial score (nSPS) is 19.2. The fraction of sp³-hybridized carbons (Fsp3) is 0.632. The largest absolute Gasteiger partial charge is 0.356 e. The van der Waals surface area contributed by atoms with E-state index in [1.165, 1.54) is 29.4 Å². The molecule has 2 aromatic rings. The molecule has 0 aliphatic heterocycles. The fourth-order valence-electron chi connectivity index (χ4n) is 3.74. The van der Waals surface area contributed by atoms with Crippen LogP contribution in [0.25, 0.3) is 11.0 Å². The van der Waals surface area contributed by atoms with E-state index in [0.717, 1.165) is 23.6 Å². The Labute approximate surface area is 127 Å². The second-order valence-electron chi connectivity index (χ2n) is 8.90. The lowest BCUT2D eigenvalue weighted by molar-refractivity contribution is 0.300. The Morgan fingerprint density at radius 2 is 1.81 bits per heavy atom. The van der Waals surface area contributed by atoms with Gasteiger partial charge in [0.1, 0.15) is 0 Å². The Morgan fingerprint density at radius 1 is 1.10 bits per heavy atom. The average molecular weight is 285 g/mol. The van der Waals surface area contributed by atoms with Crippen molar-refractivity contribution in [2.24, 2.45) is 11.3 Å². The number of nitrogens with zero attached hydrogens (tertiary/aromatic N) is 1. The maximum Gasteiger partial charge on any atom is 0.170 e. The van der Waals surface area contributed by atoms with E-state index in [0.29, 0.717) is 5.41 Å². The molecule has 2 nitrogen and oxygen atoms in total. The van der Waals surface area contributed by atoms with Crippen molar-refractivity contribution in [3.05, 3.63) is 29.0 Å². The molecule has 0 spiro atoms. The van der Waals surface area contributed by atoms with Crippen LogP contribution in [0.1, 0.15) is 64.8 Å². The van der Waals surface area contributed by atoms with E-state index >= 15 is 0 Å². The summed E-state index contributed by atoms with van der Waals surface area (Å²) in [6.07, 6.45) is 3.60. The summed E-state index contributed by atoms with van der Waals surface area (Å²) in [5.74, 6) is 0.744. The second kappa shape index (κ2) is 4.59. The van der Waals surface area contributed by atoms with Gasteiger partial charge in [0.05, 0.1) is 5.69 Å². The summed E-state index contributed by atoms with van der Waals surface area (Å²) in [4.78, 5) is 0. The van der Waals surface area contributed by atoms with Crippen LogP contribution in [0.3, 0.4) is 0 Å². The summed E-state index contributed by atoms with van der Waals surface area (Å²) in [5.41, 5.74) is 5.42. The van der Waals surface area contributed by atoms with E-state index in [-0.39, 0.29) is 5.41 Å². The van der Waals surface area contributed by atoms with Crippen molar-refractivity contribution < 1.29 is 4.52 Å². The van der Waals surface area contributed by atoms with Crippen LogP contribution in [0, 0.1) is 11.3 Å². The van der Waals surface area contributed by atoms with E-state index < -0.39 is 0 Å². The minimum absolute atomic E-state index is 0.0307. The number of aromatic nitrogens is 1. The molecule has 21 heavy (non-hydrogen) atoms. The molecular weight excluding hydrogens is 258 g/mol. The van der Waals surface area contributed by atoms with Crippen molar-refractivity contribution in [1.82, 2.24) is 5.16 Å². The summed E-state index contributed by atoms with van der Waals surface area (Å²) in [5, 5.41) is 5.57. The maximum atomic E-state index is 5.75. The molecule has 3 rings (SSSR count). The smallest absolute Gasteiger partial charge is 0.170 e. The molecule has 1 aliphatic carbocycles. The number of hydrogen-bond donors (Lipinski definition) is 0. The van der Waals surface area contributed by atoms with E-state index in [9.17, 15) is 0 Å². The lowest BCUT2D eigenvalue weighted by Gasteiger charge is -2.22. The van der Waals surface area contributed by atoms with Gasteiger partial charge in [0.2, 0.25) is 0 Å². The van der Waals surface area contributed by atoms with Gasteiger partial charge in [-0.2, -0.15) is 0 Å². The molecule has 1 atom stereocenters. The average Bonchev–Trinajstić information content (AvgIpc) is 2.86. The Balaban J connectivity index is 1.99. The van der Waals surface area contributed by atoms with Gasteiger partial charge in [0.15, 0.2) is 5.58 Å². The van der Waals surface area contributed by atoms with Crippen molar-refractivity contribution >= 4 is 11.0 Å². The van der Waals surface area contributed by atoms with Gasteiger partial charge in [-0.1, -0.05) is 52.8 Å². The highest BCUT2D eigenvalue weighted by Crippen LogP contribution is 2.40. The fourth-order valence-corrected chi connectivity index (χ4v) is 3.74. The molecule has 1 heterocycles. The third kappa shape index (κ3) is 2.73. The molecule has 0 saturated heterocycles. The molecule has 114 valence electrons. The van der Waals surface area contributed by atoms with Gasteiger partial charge < -0.3 is 4.52 Å². The lowest BCUT2D eigenvalue weighted by Crippen LogP contribution is -2.13. The van der Waals surface area contributed by atoms with E-state index in [1.807, 2.05) is 0 Å². The van der Waals surface area contributed by atoms with Crippen LogP contribution in [0.2, 0.25) is 0 Å². The summed E-state index contributed by atoms with van der Waals surface area (Å²) in [6.45, 7) is 13.6. The zero-order valence-electron chi connectivity index (χ0n) is 14.2. The predicted octanol–water partition coefficient (Wildman–Crippen LogP) is 5.28. The molecule has 1 aliphatic rings. The first-order valence-electron chi connectivity index (χ1n) is 8.06. The molecule has 0 fully saturated rings. The van der Waals surface area contributed by atoms with Crippen molar-refractivity contribution in [1.29, 1.82) is 0 Å². The molecule has 1 unspecified atom stereocenters. The Morgan fingerprint density at radius 3 is 2.43 bits per heavy atom. The van der Waals surface area contributed by atoms with Gasteiger partial charge >= 0.3 is 0 Å². The van der Waals surface area contributed by atoms with Crippen LogP contribution < -0.4 is 0 Å². The number of fused-ring (bicyclic) bond motifs is 3. The first kappa shape index (κ1) is 14.6. The van der Waals surface area contributed by atoms with Crippen LogP contribution in [-0.4, -0.2) is 5.16 Å². The Bertz CT molecular complexity index is 667. The first-order valence-corrected chi connectivity index (χ1v) is 8.06. The molecule has 0 amide bonds. The lowest BCUT2D eigenvalue weighted by atomic mass is 9.83. The van der Waals surface area contributed by atoms with E-state index in [2.05, 4.69) is 58.8 Å². The highest BCUT2D eigenvalue weighted by Gasteiger charge is 2.30. The van der Waals surface area contributed by atoms with Crippen molar-refractivity contribution in [3.63, 3.8) is 0 Å². The highest BCUT2D eigenvalue weighted by atomic mass is 16.5. The Kier molecular flexibility index (Phi) is 3.20. The van der Waals surface area contributed by atoms with Gasteiger partial charge in [-0.3, -0.25) is 0 Å². The Hall–Kier alpha value is -1.31. The molecule has 0 radical (unpaired) electrons. The number of hydrogen-bond acceptors (Lipinski definition) is 2. The standard InChI is InChI=1S/C19H27NO/c1-18(2,3)11-12-9-13-7-8-14-16(15(13)10-12)21-20-17(14)19(4,5)6/h7-8,12H,9-11H2,1-6H3. The molecule has 0 bridgehead atoms. The first-order chi connectivity index (χ1) is 9.65. The quantitative estimate of drug-likeness (QED) is 0.712. The van der Waals surface area contributed by atoms with Gasteiger partial charge in [0.25, 0.3) is 0 Å². The van der Waals surface area contributed by atoms with Crippen LogP contribution in [0.4, 0.5) is 0 Å². The van der Waals surface area contributed by atoms with Crippen LogP contribution in [0.15, 0.2) is 16.7 Å². The maximum absolute atomic E-state index is 5.75. The third-order valence-electron chi connectivity index (χ3n) is 4.45. The number of benzene rings is 1. The molecule has 1 aromatic heterocycles. The van der Waals surface area contributed by atoms with Gasteiger partial charge in [-0.05, 0) is 42.2 Å². The van der Waals surface area contributed by atoms with Crippen LogP contribution in [0.5, 0.6) is 0 Å². The SMILES string of the molecule is CC(C)(C)CC1Cc2ccc3c(C(C)(C)C)noc3c2C1. The second-order valence-corrected chi connectivity index (χ2v) is 8.90. The predicted molar refractivity (Wildman–Crippen MR) is 87.7 cm³/mol. The zero-order valence-corrected chi connectivity index (χ0v) is 14.2. The summed E-state index contributed by atoms with van der Waals surface area (Å²) in [6, 6.07) is 4.51. The molecule has 2 heteroatoms. The van der Waals surface area contributed by atoms with Gasteiger partial charge in [-0.25, -0.2) is 0 Å². The molecule has 1 aromatic carbocycles. The third-order valence-corrected chi connectivity index (χ3v) is 4.45. The topological polar surface area (TPSA) is 26.0 Å². The number of rotatable bonds is 1. The summed E-state index contributed by atoms with van der Waals surface area (Å²) >= 11 is 0. The van der Waals surface area contributed by atoms with Gasteiger partial charge in [0, 0.05) is 16.4 Å². The molecule has 0 saturated carbocycles. The van der Waals surface area contributed by atoms with E-state index in [4.69, 9.17) is 4.52 Å². The summed E-state index contributed by atoms with van der Waals surface area (Å²) in [7, 11) is 0. The molecular formula is C19H27NO. The molecule has 0 N–H and O–H groups in total. The van der Waals surface area contributed by atoms with Gasteiger partial charge in [-0.15, -0.1) is 0 Å². The highest BCUT2D eigenvalue weighted by molar-refractivity contribution is 5.85. The van der Waals surface area contributed by atoms with Crippen molar-refractivity contribution in [2.45, 2.75) is 66.2 Å².